The van der Waals surface area contributed by atoms with Gasteiger partial charge in [0.25, 0.3) is 0 Å². The summed E-state index contributed by atoms with van der Waals surface area (Å²) in [5, 5.41) is 8.63. The molecule has 4 nitrogen and oxygen atoms in total. The van der Waals surface area contributed by atoms with Gasteiger partial charge in [0, 0.05) is 12.1 Å². The van der Waals surface area contributed by atoms with E-state index >= 15 is 0 Å². The first-order valence-corrected chi connectivity index (χ1v) is 8.74. The highest BCUT2D eigenvalue weighted by molar-refractivity contribution is 7.89. The van der Waals surface area contributed by atoms with Gasteiger partial charge in [0.1, 0.15) is 6.61 Å². The number of rotatable bonds is 5. The van der Waals surface area contributed by atoms with Crippen LogP contribution in [0.2, 0.25) is 0 Å². The lowest BCUT2D eigenvalue weighted by molar-refractivity contribution is 0.350. The van der Waals surface area contributed by atoms with Gasteiger partial charge in [-0.2, -0.15) is 0 Å². The highest BCUT2D eigenvalue weighted by atomic mass is 32.2. The van der Waals surface area contributed by atoms with Crippen molar-refractivity contribution in [2.24, 2.45) is 11.3 Å². The molecule has 2 aliphatic rings. The molecule has 0 radical (unpaired) electrons. The Hall–Kier alpha value is -1.35. The van der Waals surface area contributed by atoms with E-state index in [2.05, 4.69) is 16.6 Å². The van der Waals surface area contributed by atoms with E-state index in [1.807, 2.05) is 0 Å². The molecule has 0 amide bonds. The standard InChI is InChI=1S/C16H19NO3S/c18-11-1-2-13-3-7-15(8-4-13)21(19,20)17-12-16(9-10-16)14-5-6-14/h3-4,7-8,14,17-18H,5-6,9-12H2. The molecule has 3 rings (SSSR count). The van der Waals surface area contributed by atoms with E-state index in [0.717, 1.165) is 18.8 Å². The zero-order valence-electron chi connectivity index (χ0n) is 11.8. The molecule has 112 valence electrons. The molecule has 2 saturated carbocycles. The third-order valence-corrected chi connectivity index (χ3v) is 5.84. The highest BCUT2D eigenvalue weighted by Gasteiger charge is 2.53. The maximum atomic E-state index is 12.3. The van der Waals surface area contributed by atoms with Crippen molar-refractivity contribution in [3.8, 4) is 11.8 Å². The SMILES string of the molecule is O=S(=O)(NCC1(C2CC2)CC1)c1ccc(C#CCO)cc1. The number of nitrogens with one attached hydrogen (secondary N) is 1. The van der Waals surface area contributed by atoms with Crippen LogP contribution in [0, 0.1) is 23.2 Å². The van der Waals surface area contributed by atoms with Crippen molar-refractivity contribution in [1.29, 1.82) is 0 Å². The summed E-state index contributed by atoms with van der Waals surface area (Å²) in [6.07, 6.45) is 4.80. The van der Waals surface area contributed by atoms with E-state index in [1.54, 1.807) is 24.3 Å². The molecule has 0 atom stereocenters. The molecule has 2 aliphatic carbocycles. The van der Waals surface area contributed by atoms with Crippen molar-refractivity contribution in [2.75, 3.05) is 13.2 Å². The Balaban J connectivity index is 1.66. The van der Waals surface area contributed by atoms with Crippen molar-refractivity contribution in [3.63, 3.8) is 0 Å². The first kappa shape index (κ1) is 14.6. The first-order valence-electron chi connectivity index (χ1n) is 7.25. The van der Waals surface area contributed by atoms with E-state index in [0.29, 0.717) is 12.1 Å². The normalized spacial score (nSPS) is 19.7. The molecule has 0 aliphatic heterocycles. The number of benzene rings is 1. The summed E-state index contributed by atoms with van der Waals surface area (Å²) in [6.45, 7) is 0.358. The summed E-state index contributed by atoms with van der Waals surface area (Å²) >= 11 is 0. The van der Waals surface area contributed by atoms with E-state index in [9.17, 15) is 8.42 Å². The smallest absolute Gasteiger partial charge is 0.240 e. The van der Waals surface area contributed by atoms with Crippen molar-refractivity contribution in [1.82, 2.24) is 4.72 Å². The van der Waals surface area contributed by atoms with Crippen LogP contribution in [-0.2, 0) is 10.0 Å². The summed E-state index contributed by atoms with van der Waals surface area (Å²) in [4.78, 5) is 0.267. The number of aliphatic hydroxyl groups is 1. The van der Waals surface area contributed by atoms with Gasteiger partial charge in [0.05, 0.1) is 4.90 Å². The minimum atomic E-state index is -3.44. The van der Waals surface area contributed by atoms with Crippen LogP contribution in [-0.4, -0.2) is 26.7 Å². The second-order valence-corrected chi connectivity index (χ2v) is 7.71. The van der Waals surface area contributed by atoms with Crippen molar-refractivity contribution in [3.05, 3.63) is 29.8 Å². The molecule has 0 heterocycles. The van der Waals surface area contributed by atoms with Gasteiger partial charge in [-0.05, 0) is 61.3 Å². The molecule has 0 saturated heterocycles. The Morgan fingerprint density at radius 3 is 2.43 bits per heavy atom. The average Bonchev–Trinajstić information content (AvgIpc) is 3.36. The maximum absolute atomic E-state index is 12.3. The molecule has 1 aromatic carbocycles. The van der Waals surface area contributed by atoms with Gasteiger partial charge in [-0.1, -0.05) is 11.8 Å². The summed E-state index contributed by atoms with van der Waals surface area (Å²) in [5.41, 5.74) is 0.944. The van der Waals surface area contributed by atoms with Gasteiger partial charge in [-0.25, -0.2) is 13.1 Å². The van der Waals surface area contributed by atoms with Crippen LogP contribution in [0.25, 0.3) is 0 Å². The summed E-state index contributed by atoms with van der Waals surface area (Å²) in [6, 6.07) is 6.43. The fourth-order valence-corrected chi connectivity index (χ4v) is 3.91. The number of hydrogen-bond acceptors (Lipinski definition) is 3. The van der Waals surface area contributed by atoms with Crippen molar-refractivity contribution < 1.29 is 13.5 Å². The lowest BCUT2D eigenvalue weighted by Gasteiger charge is -2.15. The molecule has 2 N–H and O–H groups in total. The Morgan fingerprint density at radius 1 is 1.24 bits per heavy atom. The molecule has 21 heavy (non-hydrogen) atoms. The first-order chi connectivity index (χ1) is 10.1. The predicted molar refractivity (Wildman–Crippen MR) is 80.0 cm³/mol. The van der Waals surface area contributed by atoms with E-state index in [4.69, 9.17) is 5.11 Å². The second kappa shape index (κ2) is 5.45. The molecule has 1 aromatic rings. The number of aliphatic hydroxyl groups excluding tert-OH is 1. The van der Waals surface area contributed by atoms with Gasteiger partial charge in [-0.15, -0.1) is 0 Å². The minimum Gasteiger partial charge on any atom is -0.384 e. The minimum absolute atomic E-state index is 0.204. The topological polar surface area (TPSA) is 66.4 Å². The number of hydrogen-bond donors (Lipinski definition) is 2. The largest absolute Gasteiger partial charge is 0.384 e. The van der Waals surface area contributed by atoms with Gasteiger partial charge in [0.15, 0.2) is 0 Å². The molecule has 0 spiro atoms. The van der Waals surface area contributed by atoms with Crippen LogP contribution >= 0.6 is 0 Å². The lowest BCUT2D eigenvalue weighted by atomic mass is 10.0. The average molecular weight is 305 g/mol. The summed E-state index contributed by atoms with van der Waals surface area (Å²) < 4.78 is 27.3. The molecule has 2 fully saturated rings. The fraction of sp³-hybridized carbons (Fsp3) is 0.500. The van der Waals surface area contributed by atoms with E-state index in [1.165, 1.54) is 12.8 Å². The summed E-state index contributed by atoms with van der Waals surface area (Å²) in [5.74, 6) is 6.02. The van der Waals surface area contributed by atoms with E-state index in [-0.39, 0.29) is 16.9 Å². The van der Waals surface area contributed by atoms with Gasteiger partial charge >= 0.3 is 0 Å². The Labute approximate surface area is 125 Å². The Morgan fingerprint density at radius 2 is 1.90 bits per heavy atom. The van der Waals surface area contributed by atoms with Gasteiger partial charge in [0.2, 0.25) is 10.0 Å². The van der Waals surface area contributed by atoms with Crippen LogP contribution in [0.15, 0.2) is 29.2 Å². The molecule has 0 unspecified atom stereocenters. The van der Waals surface area contributed by atoms with Gasteiger partial charge in [-0.3, -0.25) is 0 Å². The molecule has 0 aromatic heterocycles. The maximum Gasteiger partial charge on any atom is 0.240 e. The van der Waals surface area contributed by atoms with Crippen LogP contribution < -0.4 is 4.72 Å². The van der Waals surface area contributed by atoms with Crippen LogP contribution in [0.5, 0.6) is 0 Å². The van der Waals surface area contributed by atoms with Crippen LogP contribution in [0.3, 0.4) is 0 Å². The molecular weight excluding hydrogens is 286 g/mol. The van der Waals surface area contributed by atoms with E-state index < -0.39 is 10.0 Å². The van der Waals surface area contributed by atoms with Crippen LogP contribution in [0.4, 0.5) is 0 Å². The lowest BCUT2D eigenvalue weighted by Crippen LogP contribution is -2.31. The number of sulfonamides is 1. The Bertz CT molecular complexity index is 674. The molecule has 5 heteroatoms. The zero-order chi connectivity index (χ0) is 14.9. The predicted octanol–water partition coefficient (Wildman–Crippen LogP) is 1.50. The molecular formula is C16H19NO3S. The highest BCUT2D eigenvalue weighted by Crippen LogP contribution is 2.60. The van der Waals surface area contributed by atoms with Crippen molar-refractivity contribution in [2.45, 2.75) is 30.6 Å². The molecule has 0 bridgehead atoms. The third kappa shape index (κ3) is 3.29. The monoisotopic (exact) mass is 305 g/mol. The van der Waals surface area contributed by atoms with Gasteiger partial charge < -0.3 is 5.11 Å². The quantitative estimate of drug-likeness (QED) is 0.810. The Kier molecular flexibility index (Phi) is 3.78. The fourth-order valence-electron chi connectivity index (χ4n) is 2.77. The van der Waals surface area contributed by atoms with Crippen molar-refractivity contribution >= 4 is 10.0 Å². The third-order valence-electron chi connectivity index (χ3n) is 4.43. The summed E-state index contributed by atoms with van der Waals surface area (Å²) in [7, 11) is -3.44. The zero-order valence-corrected chi connectivity index (χ0v) is 12.6. The van der Waals surface area contributed by atoms with Crippen LogP contribution in [0.1, 0.15) is 31.2 Å². The second-order valence-electron chi connectivity index (χ2n) is 5.95.